The molecule has 3 unspecified atom stereocenters. The number of nitrogens with one attached hydrogen (secondary N) is 2. The van der Waals surface area contributed by atoms with Crippen LogP contribution >= 0.6 is 0 Å². The number of amides is 1. The van der Waals surface area contributed by atoms with Crippen molar-refractivity contribution in [2.45, 2.75) is 64.1 Å². The zero-order valence-electron chi connectivity index (χ0n) is 12.8. The van der Waals surface area contributed by atoms with Crippen LogP contribution in [0.3, 0.4) is 0 Å². The molecule has 2 fully saturated rings. The second kappa shape index (κ2) is 6.56. The molecule has 0 spiro atoms. The summed E-state index contributed by atoms with van der Waals surface area (Å²) >= 11 is 0. The summed E-state index contributed by atoms with van der Waals surface area (Å²) in [6.45, 7) is 2.49. The van der Waals surface area contributed by atoms with E-state index in [0.29, 0.717) is 12.6 Å². The highest BCUT2D eigenvalue weighted by Crippen LogP contribution is 2.32. The van der Waals surface area contributed by atoms with Crippen molar-refractivity contribution < 1.29 is 4.79 Å². The Morgan fingerprint density at radius 2 is 2.14 bits per heavy atom. The summed E-state index contributed by atoms with van der Waals surface area (Å²) in [6.07, 6.45) is 7.38. The predicted octanol–water partition coefficient (Wildman–Crippen LogP) is 2.32. The number of carbonyl (C=O) groups excluding carboxylic acids is 1. The Kier molecular flexibility index (Phi) is 4.54. The minimum atomic E-state index is -0.0193. The summed E-state index contributed by atoms with van der Waals surface area (Å²) < 4.78 is 0. The molecule has 114 valence electrons. The lowest BCUT2D eigenvalue weighted by atomic mass is 9.77. The van der Waals surface area contributed by atoms with E-state index in [0.717, 1.165) is 23.7 Å². The van der Waals surface area contributed by atoms with Gasteiger partial charge < -0.3 is 10.6 Å². The van der Waals surface area contributed by atoms with Crippen molar-refractivity contribution in [1.29, 1.82) is 0 Å². The summed E-state index contributed by atoms with van der Waals surface area (Å²) in [5.41, 5.74) is 1.91. The Morgan fingerprint density at radius 1 is 1.29 bits per heavy atom. The maximum Gasteiger partial charge on any atom is 0.237 e. The van der Waals surface area contributed by atoms with Gasteiger partial charge in [0.1, 0.15) is 0 Å². The largest absolute Gasteiger partial charge is 0.349 e. The first-order chi connectivity index (χ1) is 10.2. The molecule has 1 amide bonds. The zero-order chi connectivity index (χ0) is 14.7. The van der Waals surface area contributed by atoms with Crippen molar-refractivity contribution in [2.24, 2.45) is 5.92 Å². The smallest absolute Gasteiger partial charge is 0.237 e. The molecule has 4 nitrogen and oxygen atoms in total. The first-order valence-electron chi connectivity index (χ1n) is 8.18. The standard InChI is InChI=1S/C17H25N3O/c1-12-5-4-7-14(19-12)11-18-17(21)16-10-9-13-6-2-3-8-15(13)20-16/h4-5,7,13,15-16,20H,2-3,6,8-11H2,1H3,(H,18,21). The van der Waals surface area contributed by atoms with Crippen LogP contribution in [0, 0.1) is 12.8 Å². The molecule has 0 bridgehead atoms. The average Bonchev–Trinajstić information content (AvgIpc) is 2.52. The molecule has 1 saturated carbocycles. The maximum absolute atomic E-state index is 12.3. The summed E-state index contributed by atoms with van der Waals surface area (Å²) in [6, 6.07) is 6.44. The molecular formula is C17H25N3O. The number of pyridine rings is 1. The van der Waals surface area contributed by atoms with Gasteiger partial charge in [0.25, 0.3) is 0 Å². The zero-order valence-corrected chi connectivity index (χ0v) is 12.8. The van der Waals surface area contributed by atoms with Crippen molar-refractivity contribution in [3.8, 4) is 0 Å². The number of aryl methyl sites for hydroxylation is 1. The highest BCUT2D eigenvalue weighted by molar-refractivity contribution is 5.81. The normalized spacial score (nSPS) is 28.7. The molecule has 0 radical (unpaired) electrons. The molecule has 1 aliphatic heterocycles. The average molecular weight is 287 g/mol. The van der Waals surface area contributed by atoms with Crippen molar-refractivity contribution in [1.82, 2.24) is 15.6 Å². The van der Waals surface area contributed by atoms with E-state index >= 15 is 0 Å². The molecule has 1 aliphatic carbocycles. The third-order valence-electron chi connectivity index (χ3n) is 4.86. The van der Waals surface area contributed by atoms with Crippen LogP contribution in [0.2, 0.25) is 0 Å². The van der Waals surface area contributed by atoms with Crippen LogP contribution in [0.25, 0.3) is 0 Å². The van der Waals surface area contributed by atoms with Crippen molar-refractivity contribution >= 4 is 5.91 Å². The molecule has 2 N–H and O–H groups in total. The van der Waals surface area contributed by atoms with E-state index in [-0.39, 0.29) is 11.9 Å². The number of hydrogen-bond donors (Lipinski definition) is 2. The number of rotatable bonds is 3. The van der Waals surface area contributed by atoms with Crippen LogP contribution in [0.5, 0.6) is 0 Å². The van der Waals surface area contributed by atoms with Gasteiger partial charge in [-0.2, -0.15) is 0 Å². The van der Waals surface area contributed by atoms with E-state index < -0.39 is 0 Å². The fraction of sp³-hybridized carbons (Fsp3) is 0.647. The number of hydrogen-bond acceptors (Lipinski definition) is 3. The topological polar surface area (TPSA) is 54.0 Å². The number of nitrogens with zero attached hydrogens (tertiary/aromatic N) is 1. The van der Waals surface area contributed by atoms with E-state index in [2.05, 4.69) is 15.6 Å². The summed E-state index contributed by atoms with van der Waals surface area (Å²) in [4.78, 5) is 16.8. The van der Waals surface area contributed by atoms with Gasteiger partial charge >= 0.3 is 0 Å². The lowest BCUT2D eigenvalue weighted by Crippen LogP contribution is -2.54. The van der Waals surface area contributed by atoms with Crippen LogP contribution in [0.15, 0.2) is 18.2 Å². The minimum absolute atomic E-state index is 0.0193. The second-order valence-electron chi connectivity index (χ2n) is 6.44. The highest BCUT2D eigenvalue weighted by Gasteiger charge is 2.34. The lowest BCUT2D eigenvalue weighted by molar-refractivity contribution is -0.124. The van der Waals surface area contributed by atoms with Gasteiger partial charge in [-0.1, -0.05) is 18.9 Å². The Morgan fingerprint density at radius 3 is 3.00 bits per heavy atom. The molecule has 2 aliphatic rings. The summed E-state index contributed by atoms with van der Waals surface area (Å²) in [5.74, 6) is 0.920. The van der Waals surface area contributed by atoms with Crippen LogP contribution in [-0.4, -0.2) is 23.0 Å². The Labute approximate surface area is 126 Å². The Bertz CT molecular complexity index is 503. The van der Waals surface area contributed by atoms with Crippen molar-refractivity contribution in [3.05, 3.63) is 29.6 Å². The molecule has 1 aromatic rings. The van der Waals surface area contributed by atoms with Gasteiger partial charge in [0.2, 0.25) is 5.91 Å². The van der Waals surface area contributed by atoms with Gasteiger partial charge in [-0.05, 0) is 50.7 Å². The Hall–Kier alpha value is -1.42. The fourth-order valence-corrected chi connectivity index (χ4v) is 3.70. The van der Waals surface area contributed by atoms with Crippen LogP contribution in [0.1, 0.15) is 49.9 Å². The van der Waals surface area contributed by atoms with E-state index in [1.807, 2.05) is 25.1 Å². The van der Waals surface area contributed by atoms with Gasteiger partial charge in [-0.25, -0.2) is 0 Å². The molecule has 1 aromatic heterocycles. The maximum atomic E-state index is 12.3. The van der Waals surface area contributed by atoms with Crippen molar-refractivity contribution in [3.63, 3.8) is 0 Å². The number of fused-ring (bicyclic) bond motifs is 1. The number of piperidine rings is 1. The number of carbonyl (C=O) groups is 1. The minimum Gasteiger partial charge on any atom is -0.349 e. The first-order valence-corrected chi connectivity index (χ1v) is 8.18. The van der Waals surface area contributed by atoms with E-state index in [9.17, 15) is 4.79 Å². The number of aromatic nitrogens is 1. The first kappa shape index (κ1) is 14.5. The van der Waals surface area contributed by atoms with Crippen LogP contribution in [-0.2, 0) is 11.3 Å². The van der Waals surface area contributed by atoms with Gasteiger partial charge in [0.05, 0.1) is 18.3 Å². The van der Waals surface area contributed by atoms with Crippen LogP contribution < -0.4 is 10.6 Å². The highest BCUT2D eigenvalue weighted by atomic mass is 16.2. The van der Waals surface area contributed by atoms with E-state index in [1.54, 1.807) is 0 Å². The SMILES string of the molecule is Cc1cccc(CNC(=O)C2CCC3CCCCC3N2)n1. The van der Waals surface area contributed by atoms with Gasteiger partial charge in [0.15, 0.2) is 0 Å². The quantitative estimate of drug-likeness (QED) is 0.897. The molecule has 2 heterocycles. The molecule has 1 saturated heterocycles. The van der Waals surface area contributed by atoms with Crippen LogP contribution in [0.4, 0.5) is 0 Å². The molecule has 3 atom stereocenters. The molecule has 4 heteroatoms. The van der Waals surface area contributed by atoms with E-state index in [4.69, 9.17) is 0 Å². The monoisotopic (exact) mass is 287 g/mol. The molecule has 21 heavy (non-hydrogen) atoms. The predicted molar refractivity (Wildman–Crippen MR) is 82.7 cm³/mol. The van der Waals surface area contributed by atoms with Gasteiger partial charge in [-0.15, -0.1) is 0 Å². The molecule has 0 aromatic carbocycles. The van der Waals surface area contributed by atoms with Gasteiger partial charge in [0, 0.05) is 11.7 Å². The third-order valence-corrected chi connectivity index (χ3v) is 4.86. The second-order valence-corrected chi connectivity index (χ2v) is 6.44. The molecule has 3 rings (SSSR count). The summed E-state index contributed by atoms with van der Waals surface area (Å²) in [7, 11) is 0. The Balaban J connectivity index is 1.51. The van der Waals surface area contributed by atoms with Gasteiger partial charge in [-0.3, -0.25) is 9.78 Å². The molecular weight excluding hydrogens is 262 g/mol. The fourth-order valence-electron chi connectivity index (χ4n) is 3.70. The summed E-state index contributed by atoms with van der Waals surface area (Å²) in [5, 5.41) is 6.60. The lowest BCUT2D eigenvalue weighted by Gasteiger charge is -2.39. The third kappa shape index (κ3) is 3.62. The van der Waals surface area contributed by atoms with E-state index in [1.165, 1.54) is 32.1 Å². The van der Waals surface area contributed by atoms with Crippen molar-refractivity contribution in [2.75, 3.05) is 0 Å².